The van der Waals surface area contributed by atoms with Crippen LogP contribution < -0.4 is 0 Å². The Labute approximate surface area is 98.3 Å². The fourth-order valence-corrected chi connectivity index (χ4v) is 1.54. The number of carbonyl (C=O) groups is 1. The van der Waals surface area contributed by atoms with Gasteiger partial charge in [0.15, 0.2) is 0 Å². The summed E-state index contributed by atoms with van der Waals surface area (Å²) in [5, 5.41) is 8.47. The molecule has 0 unspecified atom stereocenters. The normalized spacial score (nSPS) is 11.9. The van der Waals surface area contributed by atoms with E-state index in [0.717, 1.165) is 6.92 Å². The molecule has 8 heteroatoms. The van der Waals surface area contributed by atoms with Gasteiger partial charge in [0.25, 0.3) is 6.43 Å². The van der Waals surface area contributed by atoms with Gasteiger partial charge in [-0.15, -0.1) is 0 Å². The number of hydrogen-bond donors (Lipinski definition) is 1. The molecule has 18 heavy (non-hydrogen) atoms. The lowest BCUT2D eigenvalue weighted by molar-refractivity contribution is -0.140. The molecule has 0 aromatic carbocycles. The standard InChI is InChI=1S/C10H8F5NO2/c1-4-5(9(11)12)3-16-6(2-7(17)18)8(4)10(13,14)15/h3,9H,2H2,1H3,(H,17,18). The van der Waals surface area contributed by atoms with Crippen LogP contribution in [0.25, 0.3) is 0 Å². The lowest BCUT2D eigenvalue weighted by Gasteiger charge is -2.16. The summed E-state index contributed by atoms with van der Waals surface area (Å²) < 4.78 is 63.1. The van der Waals surface area contributed by atoms with Crippen LogP contribution in [0.5, 0.6) is 0 Å². The van der Waals surface area contributed by atoms with Crippen molar-refractivity contribution in [2.45, 2.75) is 25.9 Å². The molecule has 100 valence electrons. The zero-order chi connectivity index (χ0) is 14.1. The fourth-order valence-electron chi connectivity index (χ4n) is 1.54. The minimum Gasteiger partial charge on any atom is -0.481 e. The number of aliphatic carboxylic acids is 1. The maximum Gasteiger partial charge on any atom is 0.418 e. The van der Waals surface area contributed by atoms with Gasteiger partial charge in [-0.05, 0) is 12.5 Å². The van der Waals surface area contributed by atoms with Gasteiger partial charge < -0.3 is 5.11 Å². The monoisotopic (exact) mass is 269 g/mol. The van der Waals surface area contributed by atoms with Crippen LogP contribution in [-0.4, -0.2) is 16.1 Å². The highest BCUT2D eigenvalue weighted by Gasteiger charge is 2.38. The third-order valence-corrected chi connectivity index (χ3v) is 2.29. The zero-order valence-electron chi connectivity index (χ0n) is 9.05. The van der Waals surface area contributed by atoms with Gasteiger partial charge in [-0.2, -0.15) is 13.2 Å². The second-order valence-electron chi connectivity index (χ2n) is 3.53. The average molecular weight is 269 g/mol. The van der Waals surface area contributed by atoms with Crippen molar-refractivity contribution in [3.05, 3.63) is 28.6 Å². The van der Waals surface area contributed by atoms with E-state index in [2.05, 4.69) is 4.98 Å². The number of alkyl halides is 5. The highest BCUT2D eigenvalue weighted by molar-refractivity contribution is 5.70. The first-order chi connectivity index (χ1) is 8.14. The van der Waals surface area contributed by atoms with Gasteiger partial charge in [0.05, 0.1) is 17.7 Å². The van der Waals surface area contributed by atoms with E-state index in [1.54, 1.807) is 0 Å². The number of carboxylic acid groups (broad SMARTS) is 1. The molecule has 0 fully saturated rings. The summed E-state index contributed by atoms with van der Waals surface area (Å²) in [4.78, 5) is 13.6. The Morgan fingerprint density at radius 3 is 2.39 bits per heavy atom. The van der Waals surface area contributed by atoms with E-state index in [0.29, 0.717) is 6.20 Å². The Hall–Kier alpha value is -1.73. The Morgan fingerprint density at radius 1 is 1.44 bits per heavy atom. The van der Waals surface area contributed by atoms with E-state index in [1.165, 1.54) is 0 Å². The average Bonchev–Trinajstić information content (AvgIpc) is 2.13. The third-order valence-electron chi connectivity index (χ3n) is 2.29. The van der Waals surface area contributed by atoms with Crippen molar-refractivity contribution < 1.29 is 31.9 Å². The van der Waals surface area contributed by atoms with Crippen molar-refractivity contribution in [3.8, 4) is 0 Å². The molecule has 0 aliphatic carbocycles. The largest absolute Gasteiger partial charge is 0.481 e. The fraction of sp³-hybridized carbons (Fsp3) is 0.400. The third kappa shape index (κ3) is 2.93. The zero-order valence-corrected chi connectivity index (χ0v) is 9.05. The van der Waals surface area contributed by atoms with Crippen molar-refractivity contribution >= 4 is 5.97 Å². The minimum absolute atomic E-state index is 0.577. The molecule has 1 rings (SSSR count). The van der Waals surface area contributed by atoms with Crippen LogP contribution in [0.4, 0.5) is 22.0 Å². The van der Waals surface area contributed by atoms with Crippen molar-refractivity contribution in [1.29, 1.82) is 0 Å². The Kier molecular flexibility index (Phi) is 3.88. The lowest BCUT2D eigenvalue weighted by Crippen LogP contribution is -2.17. The van der Waals surface area contributed by atoms with E-state index in [-0.39, 0.29) is 0 Å². The maximum absolute atomic E-state index is 12.7. The Bertz CT molecular complexity index is 470. The molecule has 1 heterocycles. The topological polar surface area (TPSA) is 50.2 Å². The minimum atomic E-state index is -4.92. The van der Waals surface area contributed by atoms with E-state index >= 15 is 0 Å². The molecule has 0 atom stereocenters. The summed E-state index contributed by atoms with van der Waals surface area (Å²) in [6, 6.07) is 0. The number of aromatic nitrogens is 1. The summed E-state index contributed by atoms with van der Waals surface area (Å²) in [5.74, 6) is -1.52. The van der Waals surface area contributed by atoms with Gasteiger partial charge >= 0.3 is 12.1 Å². The maximum atomic E-state index is 12.7. The molecule has 3 nitrogen and oxygen atoms in total. The van der Waals surface area contributed by atoms with Gasteiger partial charge in [-0.1, -0.05) is 0 Å². The van der Waals surface area contributed by atoms with Crippen LogP contribution in [0.3, 0.4) is 0 Å². The summed E-state index contributed by atoms with van der Waals surface area (Å²) in [6.45, 7) is 0.872. The molecule has 1 aromatic rings. The van der Waals surface area contributed by atoms with Gasteiger partial charge in [-0.3, -0.25) is 9.78 Å². The Balaban J connectivity index is 3.47. The number of carboxylic acids is 1. The first-order valence-corrected chi connectivity index (χ1v) is 4.70. The van der Waals surface area contributed by atoms with Crippen molar-refractivity contribution in [2.75, 3.05) is 0 Å². The molecule has 0 radical (unpaired) electrons. The molecule has 0 bridgehead atoms. The molecule has 1 N–H and O–H groups in total. The molecule has 0 saturated heterocycles. The number of rotatable bonds is 3. The van der Waals surface area contributed by atoms with Crippen LogP contribution in [-0.2, 0) is 17.4 Å². The number of nitrogens with zero attached hydrogens (tertiary/aromatic N) is 1. The highest BCUT2D eigenvalue weighted by Crippen LogP contribution is 2.37. The second-order valence-corrected chi connectivity index (χ2v) is 3.53. The van der Waals surface area contributed by atoms with Gasteiger partial charge in [0.1, 0.15) is 0 Å². The van der Waals surface area contributed by atoms with Gasteiger partial charge in [-0.25, -0.2) is 8.78 Å². The van der Waals surface area contributed by atoms with E-state index in [4.69, 9.17) is 5.11 Å². The molecule has 0 amide bonds. The molecule has 0 saturated carbocycles. The summed E-state index contributed by atoms with van der Waals surface area (Å²) in [7, 11) is 0. The van der Waals surface area contributed by atoms with Crippen LogP contribution in [0.2, 0.25) is 0 Å². The molecule has 0 aliphatic rings. The van der Waals surface area contributed by atoms with E-state index < -0.39 is 47.4 Å². The summed E-state index contributed by atoms with van der Waals surface area (Å²) in [6.07, 6.45) is -8.42. The van der Waals surface area contributed by atoms with Crippen LogP contribution in [0, 0.1) is 6.92 Å². The predicted octanol–water partition coefficient (Wildman–Crippen LogP) is 2.97. The molecule has 0 aliphatic heterocycles. The predicted molar refractivity (Wildman–Crippen MR) is 50.3 cm³/mol. The van der Waals surface area contributed by atoms with Gasteiger partial charge in [0.2, 0.25) is 0 Å². The first kappa shape index (κ1) is 14.3. The lowest BCUT2D eigenvalue weighted by atomic mass is 10.0. The molecular weight excluding hydrogens is 261 g/mol. The molecule has 0 spiro atoms. The van der Waals surface area contributed by atoms with Crippen molar-refractivity contribution in [3.63, 3.8) is 0 Å². The number of pyridine rings is 1. The van der Waals surface area contributed by atoms with Crippen LogP contribution >= 0.6 is 0 Å². The van der Waals surface area contributed by atoms with Crippen molar-refractivity contribution in [2.24, 2.45) is 0 Å². The van der Waals surface area contributed by atoms with Crippen LogP contribution in [0.15, 0.2) is 6.20 Å². The SMILES string of the molecule is Cc1c(C(F)F)cnc(CC(=O)O)c1C(F)(F)F. The van der Waals surface area contributed by atoms with E-state index in [1.807, 2.05) is 0 Å². The van der Waals surface area contributed by atoms with E-state index in [9.17, 15) is 26.7 Å². The smallest absolute Gasteiger partial charge is 0.418 e. The molecular formula is C10H8F5NO2. The number of halogens is 5. The Morgan fingerprint density at radius 2 is 2.00 bits per heavy atom. The first-order valence-electron chi connectivity index (χ1n) is 4.70. The van der Waals surface area contributed by atoms with Gasteiger partial charge in [0, 0.05) is 11.8 Å². The number of hydrogen-bond acceptors (Lipinski definition) is 2. The van der Waals surface area contributed by atoms with Crippen molar-refractivity contribution in [1.82, 2.24) is 4.98 Å². The summed E-state index contributed by atoms with van der Waals surface area (Å²) in [5.41, 5.74) is -3.71. The second kappa shape index (κ2) is 4.87. The van der Waals surface area contributed by atoms with Crippen LogP contribution in [0.1, 0.15) is 28.8 Å². The molecule has 1 aromatic heterocycles. The summed E-state index contributed by atoms with van der Waals surface area (Å²) >= 11 is 0. The highest BCUT2D eigenvalue weighted by atomic mass is 19.4. The quantitative estimate of drug-likeness (QED) is 0.858.